The molecule has 0 saturated carbocycles. The zero-order chi connectivity index (χ0) is 36.6. The lowest BCUT2D eigenvalue weighted by atomic mass is 10.1. The van der Waals surface area contributed by atoms with E-state index < -0.39 is 5.97 Å². The van der Waals surface area contributed by atoms with Gasteiger partial charge in [0.1, 0.15) is 12.6 Å². The molecule has 284 valence electrons. The van der Waals surface area contributed by atoms with Crippen LogP contribution in [0.4, 0.5) is 0 Å². The van der Waals surface area contributed by atoms with Crippen LogP contribution in [0.2, 0.25) is 0 Å². The standard InChI is InChI=1S/C44H73NO5/c1-3-5-7-9-11-13-14-15-16-17-18-19-20-21-22-23-24-25-27-29-35-39-44(49)50-41(36-32-28-26-12-10-8-6-4-2)37-33-30-31-34-38-42(46)45-40-43(47)48/h6,8,12,14-15,17-18,20-21,26,32,36,41H,3-5,7,9-11,13,16,19,22-25,27-31,33-35,37-40H2,1-2H3,(H,45,46)(H,47,48)/b8-6-,15-14-,18-17-,21-20-,26-12-,36-32-. The highest BCUT2D eigenvalue weighted by atomic mass is 16.5. The fraction of sp³-hybridized carbons (Fsp3) is 0.659. The van der Waals surface area contributed by atoms with Crippen molar-refractivity contribution in [1.29, 1.82) is 0 Å². The number of nitrogens with one attached hydrogen (secondary N) is 1. The van der Waals surface area contributed by atoms with Gasteiger partial charge < -0.3 is 15.2 Å². The number of rotatable bonds is 35. The van der Waals surface area contributed by atoms with Crippen LogP contribution in [0.1, 0.15) is 174 Å². The van der Waals surface area contributed by atoms with Gasteiger partial charge in [-0.2, -0.15) is 0 Å². The van der Waals surface area contributed by atoms with E-state index in [4.69, 9.17) is 9.84 Å². The van der Waals surface area contributed by atoms with Crippen LogP contribution in [0.5, 0.6) is 0 Å². The number of aliphatic carboxylic acids is 1. The van der Waals surface area contributed by atoms with Crippen LogP contribution in [0.3, 0.4) is 0 Å². The summed E-state index contributed by atoms with van der Waals surface area (Å²) in [5, 5.41) is 11.1. The van der Waals surface area contributed by atoms with Crippen LogP contribution in [0.15, 0.2) is 72.9 Å². The first kappa shape index (κ1) is 46.9. The van der Waals surface area contributed by atoms with Crippen LogP contribution in [-0.4, -0.2) is 35.6 Å². The van der Waals surface area contributed by atoms with Gasteiger partial charge in [-0.05, 0) is 89.5 Å². The summed E-state index contributed by atoms with van der Waals surface area (Å²) < 4.78 is 5.86. The molecule has 1 atom stereocenters. The molecule has 0 fully saturated rings. The second-order valence-corrected chi connectivity index (χ2v) is 13.2. The quantitative estimate of drug-likeness (QED) is 0.0391. The normalized spacial score (nSPS) is 12.8. The highest BCUT2D eigenvalue weighted by Gasteiger charge is 2.11. The molecule has 0 aliphatic heterocycles. The first-order valence-corrected chi connectivity index (χ1v) is 20.1. The molecule has 0 aliphatic rings. The molecular formula is C44H73NO5. The number of carbonyl (C=O) groups excluding carboxylic acids is 2. The maximum absolute atomic E-state index is 12.6. The van der Waals surface area contributed by atoms with Crippen LogP contribution in [0, 0.1) is 0 Å². The molecule has 0 aromatic carbocycles. The van der Waals surface area contributed by atoms with Crippen molar-refractivity contribution in [3.63, 3.8) is 0 Å². The summed E-state index contributed by atoms with van der Waals surface area (Å²) in [6.07, 6.45) is 51.9. The number of carboxylic acid groups (broad SMARTS) is 1. The molecule has 1 unspecified atom stereocenters. The average molecular weight is 696 g/mol. The lowest BCUT2D eigenvalue weighted by Crippen LogP contribution is -2.28. The van der Waals surface area contributed by atoms with Gasteiger partial charge in [0.2, 0.25) is 5.91 Å². The number of hydrogen-bond acceptors (Lipinski definition) is 4. The number of carbonyl (C=O) groups is 3. The summed E-state index contributed by atoms with van der Waals surface area (Å²) in [7, 11) is 0. The molecule has 6 heteroatoms. The lowest BCUT2D eigenvalue weighted by molar-refractivity contribution is -0.147. The largest absolute Gasteiger partial charge is 0.480 e. The molecule has 0 aliphatic carbocycles. The molecule has 0 saturated heterocycles. The monoisotopic (exact) mass is 696 g/mol. The van der Waals surface area contributed by atoms with Gasteiger partial charge in [0, 0.05) is 12.8 Å². The van der Waals surface area contributed by atoms with E-state index in [0.29, 0.717) is 12.8 Å². The van der Waals surface area contributed by atoms with Gasteiger partial charge in [-0.3, -0.25) is 14.4 Å². The second-order valence-electron chi connectivity index (χ2n) is 13.2. The zero-order valence-corrected chi connectivity index (χ0v) is 32.0. The van der Waals surface area contributed by atoms with Crippen molar-refractivity contribution in [2.75, 3.05) is 6.54 Å². The number of unbranched alkanes of at least 4 members (excludes halogenated alkanes) is 14. The van der Waals surface area contributed by atoms with Gasteiger partial charge >= 0.3 is 11.9 Å². The van der Waals surface area contributed by atoms with Crippen LogP contribution in [-0.2, 0) is 19.1 Å². The van der Waals surface area contributed by atoms with E-state index in [9.17, 15) is 14.4 Å². The maximum Gasteiger partial charge on any atom is 0.322 e. The van der Waals surface area contributed by atoms with Gasteiger partial charge in [0.15, 0.2) is 0 Å². The predicted molar refractivity (Wildman–Crippen MR) is 212 cm³/mol. The Bertz CT molecular complexity index is 990. The number of carboxylic acids is 1. The Labute approximate surface area is 306 Å². The summed E-state index contributed by atoms with van der Waals surface area (Å²) in [6.45, 7) is 4.05. The van der Waals surface area contributed by atoms with E-state index >= 15 is 0 Å². The molecule has 1 amide bonds. The van der Waals surface area contributed by atoms with Crippen molar-refractivity contribution in [3.05, 3.63) is 72.9 Å². The van der Waals surface area contributed by atoms with Gasteiger partial charge in [-0.15, -0.1) is 0 Å². The Kier molecular flexibility index (Phi) is 36.2. The van der Waals surface area contributed by atoms with E-state index in [1.54, 1.807) is 0 Å². The predicted octanol–water partition coefficient (Wildman–Crippen LogP) is 12.2. The Morgan fingerprint density at radius 1 is 0.560 bits per heavy atom. The number of esters is 1. The van der Waals surface area contributed by atoms with Crippen molar-refractivity contribution >= 4 is 17.8 Å². The zero-order valence-electron chi connectivity index (χ0n) is 32.0. The van der Waals surface area contributed by atoms with Crippen molar-refractivity contribution in [2.45, 2.75) is 180 Å². The minimum atomic E-state index is -1.04. The molecule has 6 nitrogen and oxygen atoms in total. The fourth-order valence-corrected chi connectivity index (χ4v) is 5.39. The number of hydrogen-bond donors (Lipinski definition) is 2. The summed E-state index contributed by atoms with van der Waals surface area (Å²) in [6, 6.07) is 0. The van der Waals surface area contributed by atoms with Gasteiger partial charge in [-0.25, -0.2) is 0 Å². The molecular weight excluding hydrogens is 622 g/mol. The fourth-order valence-electron chi connectivity index (χ4n) is 5.39. The molecule has 50 heavy (non-hydrogen) atoms. The van der Waals surface area contributed by atoms with Gasteiger partial charge in [-0.1, -0.05) is 145 Å². The summed E-state index contributed by atoms with van der Waals surface area (Å²) in [5.41, 5.74) is 0. The van der Waals surface area contributed by atoms with E-state index in [-0.39, 0.29) is 24.5 Å². The van der Waals surface area contributed by atoms with Crippen molar-refractivity contribution in [1.82, 2.24) is 5.32 Å². The third kappa shape index (κ3) is 37.7. The van der Waals surface area contributed by atoms with Crippen molar-refractivity contribution < 1.29 is 24.2 Å². The smallest absolute Gasteiger partial charge is 0.322 e. The Hall–Kier alpha value is -3.15. The first-order valence-electron chi connectivity index (χ1n) is 20.1. The number of amides is 1. The topological polar surface area (TPSA) is 92.7 Å². The van der Waals surface area contributed by atoms with Crippen LogP contribution < -0.4 is 5.32 Å². The van der Waals surface area contributed by atoms with E-state index in [1.807, 2.05) is 6.08 Å². The first-order chi connectivity index (χ1) is 24.5. The van der Waals surface area contributed by atoms with Crippen LogP contribution in [0.25, 0.3) is 0 Å². The third-order valence-corrected chi connectivity index (χ3v) is 8.35. The molecule has 0 spiro atoms. The maximum atomic E-state index is 12.6. The minimum Gasteiger partial charge on any atom is -0.480 e. The second kappa shape index (κ2) is 38.6. The Morgan fingerprint density at radius 2 is 1.04 bits per heavy atom. The average Bonchev–Trinajstić information content (AvgIpc) is 3.10. The van der Waals surface area contributed by atoms with Crippen molar-refractivity contribution in [2.24, 2.45) is 0 Å². The number of ether oxygens (including phenoxy) is 1. The molecule has 0 bridgehead atoms. The SMILES string of the molecule is CC/C=C\C/C=C\C/C=C\C(CCCCCCC(=O)NCC(=O)O)OC(=O)CCCCCCCC/C=C\C/C=C\C/C=C\CCCCCCC. The Balaban J connectivity index is 4.13. The molecule has 2 N–H and O–H groups in total. The van der Waals surface area contributed by atoms with E-state index in [0.717, 1.165) is 89.9 Å². The van der Waals surface area contributed by atoms with Gasteiger partial charge in [0.25, 0.3) is 0 Å². The number of allylic oxidation sites excluding steroid dienone is 11. The Morgan fingerprint density at radius 3 is 1.62 bits per heavy atom. The van der Waals surface area contributed by atoms with Crippen molar-refractivity contribution in [3.8, 4) is 0 Å². The summed E-state index contributed by atoms with van der Waals surface area (Å²) >= 11 is 0. The summed E-state index contributed by atoms with van der Waals surface area (Å²) in [5.74, 6) is -1.39. The molecule has 0 rings (SSSR count). The van der Waals surface area contributed by atoms with Gasteiger partial charge in [0.05, 0.1) is 0 Å². The molecule has 0 heterocycles. The molecule has 0 aromatic heterocycles. The highest BCUT2D eigenvalue weighted by Crippen LogP contribution is 2.14. The molecule has 0 aromatic rings. The summed E-state index contributed by atoms with van der Waals surface area (Å²) in [4.78, 5) is 34.9. The highest BCUT2D eigenvalue weighted by molar-refractivity contribution is 5.80. The lowest BCUT2D eigenvalue weighted by Gasteiger charge is -2.14. The third-order valence-electron chi connectivity index (χ3n) is 8.35. The van der Waals surface area contributed by atoms with Crippen LogP contribution >= 0.6 is 0 Å². The van der Waals surface area contributed by atoms with E-state index in [2.05, 4.69) is 86.0 Å². The molecule has 0 radical (unpaired) electrons. The van der Waals surface area contributed by atoms with E-state index in [1.165, 1.54) is 57.8 Å². The minimum absolute atomic E-state index is 0.122.